The SMILES string of the molecule is COc1cc(C)c(-c2nc3ccccc3c(=O)n2N=Cc2ccc(OC(C)=O)c(I)c2)cc1C(C)C. The summed E-state index contributed by atoms with van der Waals surface area (Å²) >= 11 is 2.10. The van der Waals surface area contributed by atoms with Gasteiger partial charge >= 0.3 is 5.97 Å². The molecule has 0 fully saturated rings. The van der Waals surface area contributed by atoms with E-state index in [0.29, 0.717) is 22.5 Å². The second-order valence-electron chi connectivity index (χ2n) is 8.66. The van der Waals surface area contributed by atoms with Gasteiger partial charge in [-0.25, -0.2) is 4.98 Å². The van der Waals surface area contributed by atoms with Crippen LogP contribution in [0.15, 0.2) is 64.5 Å². The Morgan fingerprint density at radius 2 is 1.86 bits per heavy atom. The van der Waals surface area contributed by atoms with Crippen LogP contribution in [0.3, 0.4) is 0 Å². The largest absolute Gasteiger partial charge is 0.496 e. The van der Waals surface area contributed by atoms with Crippen molar-refractivity contribution in [1.82, 2.24) is 9.66 Å². The van der Waals surface area contributed by atoms with Crippen LogP contribution in [0.2, 0.25) is 0 Å². The van der Waals surface area contributed by atoms with E-state index in [1.165, 1.54) is 11.6 Å². The number of nitrogens with zero attached hydrogens (tertiary/aromatic N) is 3. The fourth-order valence-electron chi connectivity index (χ4n) is 3.93. The van der Waals surface area contributed by atoms with Crippen molar-refractivity contribution in [2.24, 2.45) is 5.10 Å². The molecule has 0 aliphatic heterocycles. The monoisotopic (exact) mass is 595 g/mol. The summed E-state index contributed by atoms with van der Waals surface area (Å²) in [5.41, 5.74) is 3.83. The number of esters is 1. The highest BCUT2D eigenvalue weighted by Gasteiger charge is 2.18. The van der Waals surface area contributed by atoms with Crippen LogP contribution in [0.25, 0.3) is 22.3 Å². The van der Waals surface area contributed by atoms with Crippen molar-refractivity contribution in [2.45, 2.75) is 33.6 Å². The molecule has 0 saturated heterocycles. The normalized spacial score (nSPS) is 11.4. The Balaban J connectivity index is 1.91. The minimum atomic E-state index is -0.386. The Hall–Kier alpha value is -3.53. The second kappa shape index (κ2) is 10.6. The summed E-state index contributed by atoms with van der Waals surface area (Å²) in [6.45, 7) is 7.51. The fourth-order valence-corrected chi connectivity index (χ4v) is 4.58. The molecule has 1 aromatic heterocycles. The van der Waals surface area contributed by atoms with Crippen LogP contribution < -0.4 is 15.0 Å². The van der Waals surface area contributed by atoms with E-state index < -0.39 is 0 Å². The van der Waals surface area contributed by atoms with Gasteiger partial charge < -0.3 is 9.47 Å². The lowest BCUT2D eigenvalue weighted by molar-refractivity contribution is -0.131. The van der Waals surface area contributed by atoms with Gasteiger partial charge in [0.15, 0.2) is 5.82 Å². The van der Waals surface area contributed by atoms with Crippen LogP contribution in [0.4, 0.5) is 0 Å². The molecule has 7 nitrogen and oxygen atoms in total. The molecule has 0 radical (unpaired) electrons. The number of halogens is 1. The molecule has 0 N–H and O–H groups in total. The zero-order chi connectivity index (χ0) is 26.0. The molecule has 0 aliphatic carbocycles. The molecule has 0 unspecified atom stereocenters. The number of hydrogen-bond donors (Lipinski definition) is 0. The number of hydrogen-bond acceptors (Lipinski definition) is 6. The van der Waals surface area contributed by atoms with E-state index in [9.17, 15) is 9.59 Å². The van der Waals surface area contributed by atoms with Gasteiger partial charge in [0.05, 0.1) is 27.8 Å². The number of fused-ring (bicyclic) bond motifs is 1. The number of para-hydroxylation sites is 1. The Morgan fingerprint density at radius 3 is 2.53 bits per heavy atom. The van der Waals surface area contributed by atoms with Gasteiger partial charge in [-0.05, 0) is 94.6 Å². The highest BCUT2D eigenvalue weighted by Crippen LogP contribution is 2.34. The van der Waals surface area contributed by atoms with Crippen molar-refractivity contribution in [2.75, 3.05) is 7.11 Å². The number of benzene rings is 3. The van der Waals surface area contributed by atoms with Gasteiger partial charge in [0.25, 0.3) is 5.56 Å². The van der Waals surface area contributed by atoms with Gasteiger partial charge in [-0.15, -0.1) is 0 Å². The smallest absolute Gasteiger partial charge is 0.308 e. The first-order valence-electron chi connectivity index (χ1n) is 11.4. The summed E-state index contributed by atoms with van der Waals surface area (Å²) < 4.78 is 12.9. The van der Waals surface area contributed by atoms with Crippen molar-refractivity contribution in [3.63, 3.8) is 0 Å². The predicted molar refractivity (Wildman–Crippen MR) is 150 cm³/mol. The first kappa shape index (κ1) is 25.6. The summed E-state index contributed by atoms with van der Waals surface area (Å²) in [5.74, 6) is 1.54. The Kier molecular flexibility index (Phi) is 7.53. The minimum Gasteiger partial charge on any atom is -0.496 e. The Labute approximate surface area is 222 Å². The van der Waals surface area contributed by atoms with Gasteiger partial charge in [-0.2, -0.15) is 9.78 Å². The Bertz CT molecular complexity index is 1560. The molecule has 184 valence electrons. The molecule has 0 saturated carbocycles. The van der Waals surface area contributed by atoms with Crippen molar-refractivity contribution >= 4 is 45.7 Å². The van der Waals surface area contributed by atoms with Crippen LogP contribution in [-0.4, -0.2) is 29.0 Å². The van der Waals surface area contributed by atoms with E-state index in [4.69, 9.17) is 14.5 Å². The fraction of sp³-hybridized carbons (Fsp3) is 0.214. The van der Waals surface area contributed by atoms with Gasteiger partial charge in [-0.3, -0.25) is 9.59 Å². The van der Waals surface area contributed by atoms with E-state index in [2.05, 4.69) is 41.5 Å². The van der Waals surface area contributed by atoms with Crippen molar-refractivity contribution < 1.29 is 14.3 Å². The number of ether oxygens (including phenoxy) is 2. The summed E-state index contributed by atoms with van der Waals surface area (Å²) in [5, 5.41) is 5.05. The molecule has 36 heavy (non-hydrogen) atoms. The summed E-state index contributed by atoms with van der Waals surface area (Å²) in [6.07, 6.45) is 1.60. The highest BCUT2D eigenvalue weighted by atomic mass is 127. The predicted octanol–water partition coefficient (Wildman–Crippen LogP) is 5.92. The second-order valence-corrected chi connectivity index (χ2v) is 9.82. The maximum absolute atomic E-state index is 13.6. The first-order valence-corrected chi connectivity index (χ1v) is 12.5. The molecule has 0 atom stereocenters. The zero-order valence-electron chi connectivity index (χ0n) is 20.7. The molecule has 3 aromatic carbocycles. The zero-order valence-corrected chi connectivity index (χ0v) is 22.9. The third-order valence-electron chi connectivity index (χ3n) is 5.73. The molecule has 0 spiro atoms. The van der Waals surface area contributed by atoms with Gasteiger partial charge in [0.2, 0.25) is 0 Å². The molecule has 0 bridgehead atoms. The van der Waals surface area contributed by atoms with Crippen LogP contribution in [-0.2, 0) is 4.79 Å². The molecule has 1 heterocycles. The number of carbonyl (C=O) groups excluding carboxylic acids is 1. The van der Waals surface area contributed by atoms with Gasteiger partial charge in [-0.1, -0.05) is 26.0 Å². The van der Waals surface area contributed by atoms with Crippen LogP contribution in [0.1, 0.15) is 43.4 Å². The molecule has 0 amide bonds. The lowest BCUT2D eigenvalue weighted by Gasteiger charge is -2.17. The quantitative estimate of drug-likeness (QED) is 0.120. The number of aryl methyl sites for hydroxylation is 1. The summed E-state index contributed by atoms with van der Waals surface area (Å²) in [7, 11) is 1.66. The first-order chi connectivity index (χ1) is 17.2. The topological polar surface area (TPSA) is 82.8 Å². The molecular formula is C28H26IN3O4. The van der Waals surface area contributed by atoms with E-state index in [1.807, 2.05) is 43.3 Å². The molecular weight excluding hydrogens is 569 g/mol. The van der Waals surface area contributed by atoms with Crippen LogP contribution in [0, 0.1) is 10.5 Å². The van der Waals surface area contributed by atoms with Crippen molar-refractivity contribution in [3.05, 3.63) is 85.2 Å². The van der Waals surface area contributed by atoms with E-state index in [1.54, 1.807) is 31.5 Å². The third kappa shape index (κ3) is 5.18. The van der Waals surface area contributed by atoms with Gasteiger partial charge in [0, 0.05) is 12.5 Å². The lowest BCUT2D eigenvalue weighted by Crippen LogP contribution is -2.20. The van der Waals surface area contributed by atoms with Crippen LogP contribution in [0.5, 0.6) is 11.5 Å². The molecule has 0 aliphatic rings. The number of methoxy groups -OCH3 is 1. The highest BCUT2D eigenvalue weighted by molar-refractivity contribution is 14.1. The van der Waals surface area contributed by atoms with E-state index in [0.717, 1.165) is 31.6 Å². The lowest BCUT2D eigenvalue weighted by atomic mass is 9.96. The minimum absolute atomic E-state index is 0.209. The van der Waals surface area contributed by atoms with Crippen molar-refractivity contribution in [3.8, 4) is 22.9 Å². The Morgan fingerprint density at radius 1 is 1.11 bits per heavy atom. The number of aromatic nitrogens is 2. The molecule has 4 aromatic rings. The van der Waals surface area contributed by atoms with Crippen molar-refractivity contribution in [1.29, 1.82) is 0 Å². The average molecular weight is 595 g/mol. The average Bonchev–Trinajstić information content (AvgIpc) is 2.84. The van der Waals surface area contributed by atoms with E-state index in [-0.39, 0.29) is 17.4 Å². The third-order valence-corrected chi connectivity index (χ3v) is 6.57. The van der Waals surface area contributed by atoms with Crippen LogP contribution >= 0.6 is 22.6 Å². The molecule has 4 rings (SSSR count). The summed E-state index contributed by atoms with van der Waals surface area (Å²) in [6, 6.07) is 16.5. The molecule has 8 heteroatoms. The van der Waals surface area contributed by atoms with Gasteiger partial charge in [0.1, 0.15) is 11.5 Å². The standard InChI is InChI=1S/C28H26IN3O4/c1-16(2)21-14-22(17(3)12-26(21)35-5)27-31-24-9-7-6-8-20(24)28(34)32(27)30-15-19-10-11-25(23(29)13-19)36-18(4)33/h6-16H,1-5H3. The summed E-state index contributed by atoms with van der Waals surface area (Å²) in [4.78, 5) is 29.7. The number of carbonyl (C=O) groups is 1. The maximum atomic E-state index is 13.6. The van der Waals surface area contributed by atoms with E-state index >= 15 is 0 Å². The number of rotatable bonds is 6. The maximum Gasteiger partial charge on any atom is 0.308 e.